The van der Waals surface area contributed by atoms with Gasteiger partial charge in [0, 0.05) is 6.04 Å². The molecule has 0 bridgehead atoms. The predicted molar refractivity (Wildman–Crippen MR) is 91.4 cm³/mol. The van der Waals surface area contributed by atoms with Gasteiger partial charge in [-0.05, 0) is 39.2 Å². The van der Waals surface area contributed by atoms with Crippen LogP contribution in [0.1, 0.15) is 52.0 Å². The fourth-order valence-corrected chi connectivity index (χ4v) is 2.88. The number of carbonyl (C=O) groups is 2. The Morgan fingerprint density at radius 2 is 1.79 bits per heavy atom. The molecule has 2 rings (SSSR count). The molecule has 1 saturated carbocycles. The number of hydrogen-bond donors (Lipinski definition) is 1. The van der Waals surface area contributed by atoms with Crippen molar-refractivity contribution in [2.24, 2.45) is 5.92 Å². The van der Waals surface area contributed by atoms with Crippen LogP contribution in [0, 0.1) is 5.92 Å². The molecular weight excluding hydrogens is 306 g/mol. The standard InChI is InChI=1S/C19H27NO4/c1-19(2,3)24-18(22)20-16-12-8-7-11-15(16)17(21)23-13-14-9-5-4-6-10-14/h4-6,9-10,15-16H,7-8,11-13H2,1-3H3,(H,20,22)/t15-,16-/m0/s1. The van der Waals surface area contributed by atoms with Crippen LogP contribution in [0.5, 0.6) is 0 Å². The highest BCUT2D eigenvalue weighted by Gasteiger charge is 2.34. The number of esters is 1. The first-order chi connectivity index (χ1) is 11.3. The highest BCUT2D eigenvalue weighted by atomic mass is 16.6. The maximum absolute atomic E-state index is 12.4. The maximum Gasteiger partial charge on any atom is 0.407 e. The van der Waals surface area contributed by atoms with Crippen molar-refractivity contribution in [2.75, 3.05) is 0 Å². The van der Waals surface area contributed by atoms with Crippen LogP contribution in [0.25, 0.3) is 0 Å². The van der Waals surface area contributed by atoms with Crippen LogP contribution in [0.2, 0.25) is 0 Å². The summed E-state index contributed by atoms with van der Waals surface area (Å²) in [5.41, 5.74) is 0.403. The molecule has 1 aromatic carbocycles. The largest absolute Gasteiger partial charge is 0.461 e. The fraction of sp³-hybridized carbons (Fsp3) is 0.579. The van der Waals surface area contributed by atoms with E-state index in [0.717, 1.165) is 31.2 Å². The van der Waals surface area contributed by atoms with Crippen molar-refractivity contribution in [3.8, 4) is 0 Å². The molecular formula is C19H27NO4. The quantitative estimate of drug-likeness (QED) is 0.851. The molecule has 0 unspecified atom stereocenters. The number of carbonyl (C=O) groups excluding carboxylic acids is 2. The Morgan fingerprint density at radius 3 is 2.46 bits per heavy atom. The number of alkyl carbamates (subject to hydrolysis) is 1. The number of rotatable bonds is 4. The molecule has 132 valence electrons. The molecule has 1 aliphatic carbocycles. The second kappa shape index (κ2) is 8.18. The van der Waals surface area contributed by atoms with E-state index in [-0.39, 0.29) is 24.5 Å². The second-order valence-electron chi connectivity index (χ2n) is 7.24. The van der Waals surface area contributed by atoms with Gasteiger partial charge in [-0.3, -0.25) is 4.79 Å². The molecule has 0 spiro atoms. The summed E-state index contributed by atoms with van der Waals surface area (Å²) in [4.78, 5) is 24.4. The smallest absolute Gasteiger partial charge is 0.407 e. The van der Waals surface area contributed by atoms with Gasteiger partial charge in [0.15, 0.2) is 0 Å². The number of benzene rings is 1. The van der Waals surface area contributed by atoms with Crippen LogP contribution in [0.15, 0.2) is 30.3 Å². The van der Waals surface area contributed by atoms with E-state index in [0.29, 0.717) is 0 Å². The lowest BCUT2D eigenvalue weighted by molar-refractivity contribution is -0.152. The van der Waals surface area contributed by atoms with Crippen LogP contribution in [-0.2, 0) is 20.9 Å². The molecule has 5 nitrogen and oxygen atoms in total. The molecule has 5 heteroatoms. The van der Waals surface area contributed by atoms with Gasteiger partial charge < -0.3 is 14.8 Å². The molecule has 1 fully saturated rings. The van der Waals surface area contributed by atoms with E-state index in [1.54, 1.807) is 0 Å². The van der Waals surface area contributed by atoms with E-state index in [1.807, 2.05) is 51.1 Å². The number of nitrogens with one attached hydrogen (secondary N) is 1. The van der Waals surface area contributed by atoms with E-state index in [9.17, 15) is 9.59 Å². The van der Waals surface area contributed by atoms with Gasteiger partial charge in [0.1, 0.15) is 12.2 Å². The van der Waals surface area contributed by atoms with E-state index in [1.165, 1.54) is 0 Å². The van der Waals surface area contributed by atoms with Gasteiger partial charge in [-0.1, -0.05) is 43.2 Å². The third kappa shape index (κ3) is 5.87. The molecule has 0 aliphatic heterocycles. The number of ether oxygens (including phenoxy) is 2. The lowest BCUT2D eigenvalue weighted by Crippen LogP contribution is -2.47. The Hall–Kier alpha value is -2.04. The van der Waals surface area contributed by atoms with Crippen molar-refractivity contribution in [3.05, 3.63) is 35.9 Å². The molecule has 1 aromatic rings. The molecule has 0 radical (unpaired) electrons. The molecule has 1 amide bonds. The Morgan fingerprint density at radius 1 is 1.12 bits per heavy atom. The van der Waals surface area contributed by atoms with E-state index < -0.39 is 11.7 Å². The predicted octanol–water partition coefficient (Wildman–Crippen LogP) is 3.81. The van der Waals surface area contributed by atoms with Crippen molar-refractivity contribution in [2.45, 2.75) is 64.7 Å². The highest BCUT2D eigenvalue weighted by Crippen LogP contribution is 2.26. The van der Waals surface area contributed by atoms with Crippen LogP contribution in [-0.4, -0.2) is 23.7 Å². The molecule has 1 aliphatic rings. The van der Waals surface area contributed by atoms with Crippen molar-refractivity contribution < 1.29 is 19.1 Å². The van der Waals surface area contributed by atoms with E-state index in [2.05, 4.69) is 5.32 Å². The van der Waals surface area contributed by atoms with Gasteiger partial charge in [-0.25, -0.2) is 4.79 Å². The first-order valence-electron chi connectivity index (χ1n) is 8.55. The molecule has 0 heterocycles. The van der Waals surface area contributed by atoms with Crippen LogP contribution >= 0.6 is 0 Å². The third-order valence-electron chi connectivity index (χ3n) is 3.99. The zero-order valence-corrected chi connectivity index (χ0v) is 14.7. The molecule has 2 atom stereocenters. The average molecular weight is 333 g/mol. The zero-order valence-electron chi connectivity index (χ0n) is 14.7. The SMILES string of the molecule is CC(C)(C)OC(=O)N[C@H]1CCCC[C@@H]1C(=O)OCc1ccccc1. The van der Waals surface area contributed by atoms with Gasteiger partial charge in [0.05, 0.1) is 5.92 Å². The van der Waals surface area contributed by atoms with E-state index in [4.69, 9.17) is 9.47 Å². The van der Waals surface area contributed by atoms with Gasteiger partial charge >= 0.3 is 12.1 Å². The van der Waals surface area contributed by atoms with Gasteiger partial charge in [-0.2, -0.15) is 0 Å². The minimum Gasteiger partial charge on any atom is -0.461 e. The van der Waals surface area contributed by atoms with Crippen LogP contribution < -0.4 is 5.32 Å². The zero-order chi connectivity index (χ0) is 17.6. The minimum absolute atomic E-state index is 0.225. The summed E-state index contributed by atoms with van der Waals surface area (Å²) in [6, 6.07) is 9.37. The normalized spacial score (nSPS) is 21.0. The van der Waals surface area contributed by atoms with Crippen LogP contribution in [0.4, 0.5) is 4.79 Å². The molecule has 24 heavy (non-hydrogen) atoms. The first kappa shape index (κ1) is 18.3. The Bertz CT molecular complexity index is 550. The van der Waals surface area contributed by atoms with Crippen LogP contribution in [0.3, 0.4) is 0 Å². The van der Waals surface area contributed by atoms with Crippen molar-refractivity contribution in [1.82, 2.24) is 5.32 Å². The third-order valence-corrected chi connectivity index (χ3v) is 3.99. The summed E-state index contributed by atoms with van der Waals surface area (Å²) >= 11 is 0. The van der Waals surface area contributed by atoms with Crippen molar-refractivity contribution in [3.63, 3.8) is 0 Å². The molecule has 0 aromatic heterocycles. The second-order valence-corrected chi connectivity index (χ2v) is 7.24. The van der Waals surface area contributed by atoms with Gasteiger partial charge in [-0.15, -0.1) is 0 Å². The van der Waals surface area contributed by atoms with E-state index >= 15 is 0 Å². The number of hydrogen-bond acceptors (Lipinski definition) is 4. The summed E-state index contributed by atoms with van der Waals surface area (Å²) < 4.78 is 10.7. The fourth-order valence-electron chi connectivity index (χ4n) is 2.88. The number of amides is 1. The lowest BCUT2D eigenvalue weighted by atomic mass is 9.84. The Kier molecular flexibility index (Phi) is 6.23. The average Bonchev–Trinajstić information content (AvgIpc) is 2.52. The highest BCUT2D eigenvalue weighted by molar-refractivity contribution is 5.75. The summed E-state index contributed by atoms with van der Waals surface area (Å²) in [5, 5.41) is 2.84. The molecule has 0 saturated heterocycles. The summed E-state index contributed by atoms with van der Waals surface area (Å²) in [6.45, 7) is 5.71. The van der Waals surface area contributed by atoms with Crippen molar-refractivity contribution in [1.29, 1.82) is 0 Å². The summed E-state index contributed by atoms with van der Waals surface area (Å²) in [7, 11) is 0. The summed E-state index contributed by atoms with van der Waals surface area (Å²) in [5.74, 6) is -0.561. The Labute approximate surface area is 143 Å². The minimum atomic E-state index is -0.554. The van der Waals surface area contributed by atoms with Gasteiger partial charge in [0.25, 0.3) is 0 Å². The topological polar surface area (TPSA) is 64.6 Å². The lowest BCUT2D eigenvalue weighted by Gasteiger charge is -2.31. The summed E-state index contributed by atoms with van der Waals surface area (Å²) in [6.07, 6.45) is 2.98. The monoisotopic (exact) mass is 333 g/mol. The maximum atomic E-state index is 12.4. The van der Waals surface area contributed by atoms with Crippen molar-refractivity contribution >= 4 is 12.1 Å². The first-order valence-corrected chi connectivity index (χ1v) is 8.55. The Balaban J connectivity index is 1.90. The van der Waals surface area contributed by atoms with Gasteiger partial charge in [0.2, 0.25) is 0 Å². The molecule has 1 N–H and O–H groups in total.